The smallest absolute Gasteiger partial charge is 0.384 e. The van der Waals surface area contributed by atoms with Gasteiger partial charge in [0.15, 0.2) is 5.65 Å². The van der Waals surface area contributed by atoms with Gasteiger partial charge in [-0.2, -0.15) is 4.98 Å². The molecule has 0 saturated heterocycles. The van der Waals surface area contributed by atoms with Crippen LogP contribution >= 0.6 is 0 Å². The fraction of sp³-hybridized carbons (Fsp3) is 0.0952. The van der Waals surface area contributed by atoms with Crippen LogP contribution in [0.15, 0.2) is 71.7 Å². The average molecular weight is 373 g/mol. The van der Waals surface area contributed by atoms with Crippen LogP contribution in [0, 0.1) is 0 Å². The summed E-state index contributed by atoms with van der Waals surface area (Å²) >= 11 is 0. The lowest BCUT2D eigenvalue weighted by atomic mass is 9.99. The summed E-state index contributed by atoms with van der Waals surface area (Å²) < 4.78 is 0.449. The van der Waals surface area contributed by atoms with E-state index in [0.29, 0.717) is 29.0 Å². The first kappa shape index (κ1) is 17.7. The zero-order valence-corrected chi connectivity index (χ0v) is 15.0. The highest BCUT2D eigenvalue weighted by molar-refractivity contribution is 5.86. The van der Waals surface area contributed by atoms with Crippen LogP contribution in [0.3, 0.4) is 0 Å². The zero-order chi connectivity index (χ0) is 19.5. The number of nitrogens with two attached hydrogens (primary N) is 1. The molecular formula is C21H19N5O2. The molecule has 28 heavy (non-hydrogen) atoms. The summed E-state index contributed by atoms with van der Waals surface area (Å²) in [5, 5.41) is 13.5. The Morgan fingerprint density at radius 1 is 1.04 bits per heavy atom. The number of aromatic nitrogens is 3. The highest BCUT2D eigenvalue weighted by Crippen LogP contribution is 2.24. The Morgan fingerprint density at radius 2 is 1.82 bits per heavy atom. The summed E-state index contributed by atoms with van der Waals surface area (Å²) in [7, 11) is 0. The van der Waals surface area contributed by atoms with Crippen LogP contribution in [0.25, 0.3) is 22.2 Å². The minimum Gasteiger partial charge on any atom is -0.422 e. The third-order valence-electron chi connectivity index (χ3n) is 4.59. The van der Waals surface area contributed by atoms with E-state index in [4.69, 9.17) is 5.73 Å². The number of nitrogens with zero attached hydrogens (tertiary/aromatic N) is 3. The maximum Gasteiger partial charge on any atom is 0.384 e. The van der Waals surface area contributed by atoms with Crippen molar-refractivity contribution in [2.24, 2.45) is 5.73 Å². The summed E-state index contributed by atoms with van der Waals surface area (Å²) in [5.74, 6) is 0.385. The first-order valence-electron chi connectivity index (χ1n) is 8.85. The second-order valence-corrected chi connectivity index (χ2v) is 6.34. The van der Waals surface area contributed by atoms with E-state index in [-0.39, 0.29) is 5.65 Å². The molecule has 0 aliphatic carbocycles. The number of fused-ring (bicyclic) bond motifs is 1. The predicted octanol–water partition coefficient (Wildman–Crippen LogP) is 2.77. The molecule has 140 valence electrons. The lowest BCUT2D eigenvalue weighted by molar-refractivity contribution is 0.182. The summed E-state index contributed by atoms with van der Waals surface area (Å²) in [6.45, 7) is 0.966. The molecule has 0 radical (unpaired) electrons. The maximum atomic E-state index is 11.8. The van der Waals surface area contributed by atoms with Gasteiger partial charge in [-0.3, -0.25) is 0 Å². The third kappa shape index (κ3) is 3.30. The number of benzene rings is 2. The van der Waals surface area contributed by atoms with Gasteiger partial charge in [0, 0.05) is 19.3 Å². The summed E-state index contributed by atoms with van der Waals surface area (Å²) in [4.78, 5) is 19.8. The van der Waals surface area contributed by atoms with Crippen molar-refractivity contribution in [2.45, 2.75) is 13.1 Å². The first-order chi connectivity index (χ1) is 13.7. The molecule has 0 bridgehead atoms. The van der Waals surface area contributed by atoms with E-state index >= 15 is 0 Å². The van der Waals surface area contributed by atoms with Gasteiger partial charge in [0.25, 0.3) is 0 Å². The van der Waals surface area contributed by atoms with Gasteiger partial charge in [0.1, 0.15) is 5.82 Å². The Balaban J connectivity index is 1.58. The van der Waals surface area contributed by atoms with Crippen molar-refractivity contribution in [1.82, 2.24) is 14.7 Å². The molecule has 0 aliphatic heterocycles. The fourth-order valence-electron chi connectivity index (χ4n) is 3.15. The second-order valence-electron chi connectivity index (χ2n) is 6.34. The van der Waals surface area contributed by atoms with Crippen LogP contribution in [0.2, 0.25) is 0 Å². The quantitative estimate of drug-likeness (QED) is 0.465. The van der Waals surface area contributed by atoms with Gasteiger partial charge in [0.05, 0.1) is 5.39 Å². The lowest BCUT2D eigenvalue weighted by Crippen LogP contribution is -2.23. The number of pyridine rings is 1. The van der Waals surface area contributed by atoms with E-state index in [1.54, 1.807) is 12.1 Å². The molecule has 2 aromatic heterocycles. The Bertz CT molecular complexity index is 1190. The highest BCUT2D eigenvalue weighted by atomic mass is 16.5. The Labute approximate surface area is 161 Å². The Morgan fingerprint density at radius 3 is 2.61 bits per heavy atom. The van der Waals surface area contributed by atoms with E-state index in [1.165, 1.54) is 6.20 Å². The molecule has 0 atom stereocenters. The predicted molar refractivity (Wildman–Crippen MR) is 108 cm³/mol. The summed E-state index contributed by atoms with van der Waals surface area (Å²) in [5.41, 5.74) is 9.57. The molecule has 0 unspecified atom stereocenters. The molecule has 2 aromatic carbocycles. The standard InChI is InChI=1S/C21H19N5O2/c22-12-16-4-1-2-5-17(16)15-9-7-14(8-10-15)13-24-19-18-6-3-11-23-20(18)26(28)21(27)25-19/h1-11,28H,12-13,22H2,(H,24,25,27). The lowest BCUT2D eigenvalue weighted by Gasteiger charge is -2.11. The van der Waals surface area contributed by atoms with Gasteiger partial charge in [-0.25, -0.2) is 9.78 Å². The van der Waals surface area contributed by atoms with Crippen LogP contribution in [-0.2, 0) is 13.1 Å². The zero-order valence-electron chi connectivity index (χ0n) is 15.0. The molecule has 0 aliphatic rings. The van der Waals surface area contributed by atoms with E-state index < -0.39 is 5.69 Å². The number of rotatable bonds is 5. The second kappa shape index (κ2) is 7.50. The molecule has 7 heteroatoms. The van der Waals surface area contributed by atoms with E-state index in [9.17, 15) is 10.0 Å². The van der Waals surface area contributed by atoms with Crippen molar-refractivity contribution in [1.29, 1.82) is 0 Å². The number of nitrogens with one attached hydrogen (secondary N) is 1. The van der Waals surface area contributed by atoms with Crippen LogP contribution in [0.1, 0.15) is 11.1 Å². The SMILES string of the molecule is NCc1ccccc1-c1ccc(CNc2nc(=O)n(O)c3ncccc23)cc1. The van der Waals surface area contributed by atoms with E-state index in [0.717, 1.165) is 22.3 Å². The first-order valence-corrected chi connectivity index (χ1v) is 8.85. The molecule has 4 rings (SSSR count). The number of anilines is 1. The third-order valence-corrected chi connectivity index (χ3v) is 4.59. The maximum absolute atomic E-state index is 11.8. The summed E-state index contributed by atoms with van der Waals surface area (Å²) in [6.07, 6.45) is 1.51. The van der Waals surface area contributed by atoms with Crippen LogP contribution in [0.4, 0.5) is 5.82 Å². The van der Waals surface area contributed by atoms with Crippen molar-refractivity contribution in [2.75, 3.05) is 5.32 Å². The van der Waals surface area contributed by atoms with Gasteiger partial charge in [-0.05, 0) is 34.4 Å². The molecule has 0 spiro atoms. The van der Waals surface area contributed by atoms with Crippen LogP contribution < -0.4 is 16.7 Å². The number of hydrogen-bond acceptors (Lipinski definition) is 6. The molecule has 0 fully saturated rings. The minimum atomic E-state index is -0.776. The van der Waals surface area contributed by atoms with Gasteiger partial charge in [-0.1, -0.05) is 48.5 Å². The van der Waals surface area contributed by atoms with Crippen LogP contribution in [-0.4, -0.2) is 19.9 Å². The fourth-order valence-corrected chi connectivity index (χ4v) is 3.15. The normalized spacial score (nSPS) is 10.9. The highest BCUT2D eigenvalue weighted by Gasteiger charge is 2.10. The number of hydrogen-bond donors (Lipinski definition) is 3. The molecule has 0 amide bonds. The van der Waals surface area contributed by atoms with Crippen molar-refractivity contribution < 1.29 is 5.21 Å². The van der Waals surface area contributed by atoms with Crippen molar-refractivity contribution in [3.05, 3.63) is 88.5 Å². The molecular weight excluding hydrogens is 354 g/mol. The molecule has 7 nitrogen and oxygen atoms in total. The molecule has 4 aromatic rings. The Hall–Kier alpha value is -3.71. The monoisotopic (exact) mass is 373 g/mol. The Kier molecular flexibility index (Phi) is 4.74. The van der Waals surface area contributed by atoms with Crippen LogP contribution in [0.5, 0.6) is 0 Å². The van der Waals surface area contributed by atoms with Crippen molar-refractivity contribution in [3.8, 4) is 11.1 Å². The summed E-state index contributed by atoms with van der Waals surface area (Å²) in [6, 6.07) is 19.7. The van der Waals surface area contributed by atoms with Gasteiger partial charge < -0.3 is 16.3 Å². The average Bonchev–Trinajstić information content (AvgIpc) is 2.75. The van der Waals surface area contributed by atoms with E-state index in [1.807, 2.05) is 42.5 Å². The molecule has 0 saturated carbocycles. The van der Waals surface area contributed by atoms with Crippen molar-refractivity contribution >= 4 is 16.9 Å². The topological polar surface area (TPSA) is 106 Å². The van der Waals surface area contributed by atoms with Crippen molar-refractivity contribution in [3.63, 3.8) is 0 Å². The molecule has 4 N–H and O–H groups in total. The van der Waals surface area contributed by atoms with Gasteiger partial charge in [-0.15, -0.1) is 4.73 Å². The van der Waals surface area contributed by atoms with Gasteiger partial charge in [0.2, 0.25) is 0 Å². The minimum absolute atomic E-state index is 0.165. The van der Waals surface area contributed by atoms with Gasteiger partial charge >= 0.3 is 5.69 Å². The van der Waals surface area contributed by atoms with E-state index in [2.05, 4.69) is 21.4 Å². The largest absolute Gasteiger partial charge is 0.422 e. The molecule has 2 heterocycles.